The lowest BCUT2D eigenvalue weighted by molar-refractivity contribution is 0.270. The zero-order chi connectivity index (χ0) is 19.5. The highest BCUT2D eigenvalue weighted by molar-refractivity contribution is 7.71. The van der Waals surface area contributed by atoms with Gasteiger partial charge in [-0.15, -0.1) is 5.10 Å². The Kier molecular flexibility index (Phi) is 5.34. The molecule has 28 heavy (non-hydrogen) atoms. The minimum absolute atomic E-state index is 0.206. The van der Waals surface area contributed by atoms with Crippen molar-refractivity contribution in [1.29, 1.82) is 0 Å². The zero-order valence-corrected chi connectivity index (χ0v) is 16.5. The van der Waals surface area contributed by atoms with Gasteiger partial charge in [-0.05, 0) is 54.7 Å². The maximum absolute atomic E-state index is 6.09. The van der Waals surface area contributed by atoms with Crippen LogP contribution in [0.4, 0.5) is 0 Å². The first-order chi connectivity index (χ1) is 13.6. The third kappa shape index (κ3) is 4.04. The Morgan fingerprint density at radius 3 is 2.93 bits per heavy atom. The minimum atomic E-state index is 0.206. The number of aromatic nitrogens is 3. The molecule has 0 bridgehead atoms. The predicted molar refractivity (Wildman–Crippen MR) is 108 cm³/mol. The van der Waals surface area contributed by atoms with Crippen LogP contribution in [0.1, 0.15) is 11.5 Å². The van der Waals surface area contributed by atoms with Crippen LogP contribution in [0.25, 0.3) is 11.6 Å². The Morgan fingerprint density at radius 2 is 2.14 bits per heavy atom. The highest BCUT2D eigenvalue weighted by Gasteiger charge is 2.11. The van der Waals surface area contributed by atoms with Crippen LogP contribution >= 0.6 is 35.4 Å². The van der Waals surface area contributed by atoms with E-state index >= 15 is 0 Å². The number of hydrogen-bond acceptors (Lipinski definition) is 6. The fourth-order valence-electron chi connectivity index (χ4n) is 2.36. The summed E-state index contributed by atoms with van der Waals surface area (Å²) >= 11 is 17.2. The predicted octanol–water partition coefficient (Wildman–Crippen LogP) is 5.56. The van der Waals surface area contributed by atoms with Crippen molar-refractivity contribution in [2.45, 2.75) is 6.61 Å². The van der Waals surface area contributed by atoms with E-state index in [1.54, 1.807) is 48.7 Å². The Labute approximate surface area is 174 Å². The van der Waals surface area contributed by atoms with E-state index in [9.17, 15) is 0 Å². The van der Waals surface area contributed by atoms with E-state index in [1.165, 1.54) is 10.9 Å². The molecule has 7 nitrogen and oxygen atoms in total. The van der Waals surface area contributed by atoms with Gasteiger partial charge in [-0.3, -0.25) is 0 Å². The van der Waals surface area contributed by atoms with Gasteiger partial charge < -0.3 is 13.6 Å². The Balaban J connectivity index is 1.47. The summed E-state index contributed by atoms with van der Waals surface area (Å²) in [4.78, 5) is 0. The van der Waals surface area contributed by atoms with Gasteiger partial charge in [0.1, 0.15) is 23.9 Å². The molecule has 0 spiro atoms. The summed E-state index contributed by atoms with van der Waals surface area (Å²) in [5.74, 6) is 2.64. The number of H-pyrrole nitrogens is 1. The molecule has 0 amide bonds. The van der Waals surface area contributed by atoms with Gasteiger partial charge in [0, 0.05) is 5.02 Å². The SMILES string of the molecule is S=c1[nH]nc(-c2ccco2)n1/N=C/c1ccc(COc2ccc(Cl)cc2Cl)o1. The molecule has 0 fully saturated rings. The third-order valence-corrected chi connectivity index (χ3v) is 4.43. The van der Waals surface area contributed by atoms with Gasteiger partial charge in [-0.2, -0.15) is 9.78 Å². The molecule has 4 aromatic rings. The maximum atomic E-state index is 6.09. The van der Waals surface area contributed by atoms with Crippen LogP contribution in [0.15, 0.2) is 62.7 Å². The zero-order valence-electron chi connectivity index (χ0n) is 14.1. The molecule has 3 heterocycles. The lowest BCUT2D eigenvalue weighted by Crippen LogP contribution is -1.95. The molecule has 0 aliphatic heterocycles. The molecule has 1 aromatic carbocycles. The lowest BCUT2D eigenvalue weighted by Gasteiger charge is -2.06. The lowest BCUT2D eigenvalue weighted by atomic mass is 10.3. The second-order valence-corrected chi connectivity index (χ2v) is 6.78. The summed E-state index contributed by atoms with van der Waals surface area (Å²) in [5.41, 5.74) is 0. The van der Waals surface area contributed by atoms with E-state index in [2.05, 4.69) is 15.3 Å². The van der Waals surface area contributed by atoms with Gasteiger partial charge >= 0.3 is 0 Å². The van der Waals surface area contributed by atoms with E-state index in [0.717, 1.165) is 0 Å². The quantitative estimate of drug-likeness (QED) is 0.317. The molecule has 1 N–H and O–H groups in total. The molecule has 10 heteroatoms. The molecular formula is C18H12Cl2N4O3S. The van der Waals surface area contributed by atoms with Crippen LogP contribution < -0.4 is 4.74 Å². The van der Waals surface area contributed by atoms with Gasteiger partial charge in [-0.1, -0.05) is 23.2 Å². The molecule has 0 unspecified atom stereocenters. The summed E-state index contributed by atoms with van der Waals surface area (Å²) in [6.07, 6.45) is 3.07. The summed E-state index contributed by atoms with van der Waals surface area (Å²) in [6, 6.07) is 12.1. The number of hydrogen-bond donors (Lipinski definition) is 1. The van der Waals surface area contributed by atoms with Crippen LogP contribution in [0.5, 0.6) is 5.75 Å². The number of furan rings is 2. The number of benzene rings is 1. The first kappa shape index (κ1) is 18.5. The first-order valence-electron chi connectivity index (χ1n) is 8.02. The molecule has 0 radical (unpaired) electrons. The highest BCUT2D eigenvalue weighted by Crippen LogP contribution is 2.28. The molecule has 0 aliphatic rings. The monoisotopic (exact) mass is 434 g/mol. The molecule has 0 saturated carbocycles. The molecule has 3 aromatic heterocycles. The fraction of sp³-hybridized carbons (Fsp3) is 0.0556. The Hall–Kier alpha value is -2.81. The molecular weight excluding hydrogens is 423 g/mol. The molecule has 142 valence electrons. The number of ether oxygens (including phenoxy) is 1. The van der Waals surface area contributed by atoms with E-state index < -0.39 is 0 Å². The van der Waals surface area contributed by atoms with Crippen LogP contribution in [-0.2, 0) is 6.61 Å². The van der Waals surface area contributed by atoms with E-state index in [4.69, 9.17) is 49.0 Å². The van der Waals surface area contributed by atoms with Crippen molar-refractivity contribution in [3.05, 3.63) is 75.1 Å². The number of rotatable bonds is 6. The second-order valence-electron chi connectivity index (χ2n) is 5.55. The maximum Gasteiger partial charge on any atom is 0.219 e. The largest absolute Gasteiger partial charge is 0.484 e. The van der Waals surface area contributed by atoms with Crippen molar-refractivity contribution >= 4 is 41.6 Å². The van der Waals surface area contributed by atoms with Crippen molar-refractivity contribution in [2.75, 3.05) is 0 Å². The van der Waals surface area contributed by atoms with Gasteiger partial charge in [0.2, 0.25) is 10.6 Å². The van der Waals surface area contributed by atoms with Crippen LogP contribution in [0, 0.1) is 4.77 Å². The van der Waals surface area contributed by atoms with Crippen molar-refractivity contribution < 1.29 is 13.6 Å². The smallest absolute Gasteiger partial charge is 0.219 e. The normalized spacial score (nSPS) is 11.4. The third-order valence-electron chi connectivity index (χ3n) is 3.64. The van der Waals surface area contributed by atoms with Crippen LogP contribution in [0.2, 0.25) is 10.0 Å². The number of aromatic amines is 1. The van der Waals surface area contributed by atoms with Crippen molar-refractivity contribution in [2.24, 2.45) is 5.10 Å². The van der Waals surface area contributed by atoms with Crippen LogP contribution in [-0.4, -0.2) is 21.1 Å². The van der Waals surface area contributed by atoms with E-state index in [-0.39, 0.29) is 6.61 Å². The van der Waals surface area contributed by atoms with Gasteiger partial charge in [0.05, 0.1) is 17.5 Å². The van der Waals surface area contributed by atoms with Crippen molar-refractivity contribution in [3.8, 4) is 17.3 Å². The standard InChI is InChI=1S/C18H12Cl2N4O3S/c19-11-3-6-15(14(20)8-11)26-10-13-5-4-12(27-13)9-21-24-17(22-23-18(24)28)16-2-1-7-25-16/h1-9H,10H2,(H,23,28)/b21-9+. The fourth-order valence-corrected chi connectivity index (χ4v) is 3.00. The van der Waals surface area contributed by atoms with Gasteiger partial charge in [0.15, 0.2) is 5.76 Å². The average molecular weight is 435 g/mol. The summed E-state index contributed by atoms with van der Waals surface area (Å²) < 4.78 is 18.5. The number of nitrogens with zero attached hydrogens (tertiary/aromatic N) is 3. The molecule has 0 aliphatic carbocycles. The number of halogens is 2. The highest BCUT2D eigenvalue weighted by atomic mass is 35.5. The molecule has 4 rings (SSSR count). The Bertz CT molecular complexity index is 1180. The summed E-state index contributed by atoms with van der Waals surface area (Å²) in [5, 5.41) is 12.1. The summed E-state index contributed by atoms with van der Waals surface area (Å²) in [7, 11) is 0. The van der Waals surface area contributed by atoms with Crippen molar-refractivity contribution in [3.63, 3.8) is 0 Å². The minimum Gasteiger partial charge on any atom is -0.484 e. The van der Waals surface area contributed by atoms with Crippen molar-refractivity contribution in [1.82, 2.24) is 14.9 Å². The average Bonchev–Trinajstić information content (AvgIpc) is 3.40. The molecule has 0 atom stereocenters. The van der Waals surface area contributed by atoms with E-state index in [0.29, 0.717) is 43.7 Å². The Morgan fingerprint density at radius 1 is 1.25 bits per heavy atom. The molecule has 0 saturated heterocycles. The topological polar surface area (TPSA) is 81.5 Å². The summed E-state index contributed by atoms with van der Waals surface area (Å²) in [6.45, 7) is 0.206. The van der Waals surface area contributed by atoms with E-state index in [1.807, 2.05) is 0 Å². The van der Waals surface area contributed by atoms with Gasteiger partial charge in [0.25, 0.3) is 0 Å². The van der Waals surface area contributed by atoms with Gasteiger partial charge in [-0.25, -0.2) is 5.10 Å². The number of nitrogens with one attached hydrogen (secondary N) is 1. The first-order valence-corrected chi connectivity index (χ1v) is 9.19. The second kappa shape index (κ2) is 8.05. The van der Waals surface area contributed by atoms with Crippen LogP contribution in [0.3, 0.4) is 0 Å².